The highest BCUT2D eigenvalue weighted by Gasteiger charge is 2.27. The lowest BCUT2D eigenvalue weighted by Crippen LogP contribution is -2.29. The molecular weight excluding hydrogens is 399 g/mol. The molecule has 0 aliphatic carbocycles. The molecule has 7 nitrogen and oxygen atoms in total. The Kier molecular flexibility index (Phi) is 5.78. The van der Waals surface area contributed by atoms with Gasteiger partial charge >= 0.3 is 0 Å². The zero-order valence-electron chi connectivity index (χ0n) is 14.7. The van der Waals surface area contributed by atoms with Crippen LogP contribution in [0, 0.1) is 11.7 Å². The van der Waals surface area contributed by atoms with Gasteiger partial charge in [0.05, 0.1) is 17.7 Å². The summed E-state index contributed by atoms with van der Waals surface area (Å²) in [6.07, 6.45) is -1.50. The predicted octanol–water partition coefficient (Wildman–Crippen LogP) is 3.22. The molecule has 150 valence electrons. The third kappa shape index (κ3) is 4.38. The summed E-state index contributed by atoms with van der Waals surface area (Å²) >= 11 is 5.91. The molecule has 0 saturated heterocycles. The molecule has 3 N–H and O–H groups in total. The molecule has 0 radical (unpaired) electrons. The third-order valence-corrected chi connectivity index (χ3v) is 4.41. The van der Waals surface area contributed by atoms with E-state index in [1.165, 1.54) is 18.2 Å². The van der Waals surface area contributed by atoms with Crippen LogP contribution in [0.5, 0.6) is 0 Å². The van der Waals surface area contributed by atoms with E-state index in [-0.39, 0.29) is 40.5 Å². The summed E-state index contributed by atoms with van der Waals surface area (Å²) in [5.41, 5.74) is 5.88. The van der Waals surface area contributed by atoms with Crippen LogP contribution in [0.4, 0.5) is 18.9 Å². The number of nitrogens with two attached hydrogens (primary N) is 1. The van der Waals surface area contributed by atoms with Crippen molar-refractivity contribution in [1.29, 1.82) is 0 Å². The molecule has 2 unspecified atom stereocenters. The average molecular weight is 416 g/mol. The quantitative estimate of drug-likeness (QED) is 0.784. The summed E-state index contributed by atoms with van der Waals surface area (Å²) in [5, 5.41) is 6.22. The molecule has 0 saturated carbocycles. The van der Waals surface area contributed by atoms with E-state index in [1.54, 1.807) is 0 Å². The number of rotatable bonds is 5. The number of nitrogens with one attached hydrogen (secondary N) is 1. The fourth-order valence-corrected chi connectivity index (χ4v) is 3.05. The molecular formula is C17H17ClF3N5O2. The van der Waals surface area contributed by atoms with Gasteiger partial charge < -0.3 is 15.8 Å². The minimum atomic E-state index is -2.64. The molecule has 1 aliphatic heterocycles. The van der Waals surface area contributed by atoms with Crippen molar-refractivity contribution in [2.75, 3.05) is 11.9 Å². The highest BCUT2D eigenvalue weighted by Crippen LogP contribution is 2.32. The minimum absolute atomic E-state index is 0.0340. The van der Waals surface area contributed by atoms with E-state index >= 15 is 0 Å². The lowest BCUT2D eigenvalue weighted by atomic mass is 9.94. The van der Waals surface area contributed by atoms with Crippen molar-refractivity contribution < 1.29 is 22.7 Å². The first-order valence-electron chi connectivity index (χ1n) is 8.32. The molecule has 11 heteroatoms. The summed E-state index contributed by atoms with van der Waals surface area (Å²) in [5.74, 6) is -1.35. The average Bonchev–Trinajstić information content (AvgIpc) is 2.98. The third-order valence-electron chi connectivity index (χ3n) is 4.13. The second-order valence-corrected chi connectivity index (χ2v) is 6.74. The maximum Gasteiger partial charge on any atom is 0.282 e. The molecule has 0 bridgehead atoms. The van der Waals surface area contributed by atoms with Crippen LogP contribution in [0.15, 0.2) is 29.4 Å². The van der Waals surface area contributed by atoms with E-state index in [4.69, 9.17) is 22.1 Å². The van der Waals surface area contributed by atoms with Gasteiger partial charge in [0, 0.05) is 23.4 Å². The Bertz CT molecular complexity index is 918. The van der Waals surface area contributed by atoms with Crippen molar-refractivity contribution >= 4 is 29.2 Å². The monoisotopic (exact) mass is 415 g/mol. The SMILES string of the molecule is CC1COC(N)=NC1c1cc(NC(=O)c2nn(CC(F)F)cc2Cl)ccc1F. The first-order chi connectivity index (χ1) is 13.2. The van der Waals surface area contributed by atoms with Gasteiger partial charge in [-0.25, -0.2) is 18.2 Å². The molecule has 2 atom stereocenters. The smallest absolute Gasteiger partial charge is 0.282 e. The van der Waals surface area contributed by atoms with E-state index < -0.39 is 30.7 Å². The molecule has 1 aromatic carbocycles. The number of ether oxygens (including phenoxy) is 1. The molecule has 1 aromatic heterocycles. The van der Waals surface area contributed by atoms with E-state index in [0.717, 1.165) is 10.9 Å². The number of carbonyl (C=O) groups excluding carboxylic acids is 1. The van der Waals surface area contributed by atoms with E-state index in [2.05, 4.69) is 15.4 Å². The number of alkyl halides is 2. The van der Waals surface area contributed by atoms with Crippen molar-refractivity contribution in [2.24, 2.45) is 16.6 Å². The van der Waals surface area contributed by atoms with Gasteiger partial charge in [-0.3, -0.25) is 9.48 Å². The van der Waals surface area contributed by atoms with Crippen LogP contribution in [-0.2, 0) is 11.3 Å². The predicted molar refractivity (Wildman–Crippen MR) is 97.1 cm³/mol. The number of halogens is 4. The lowest BCUT2D eigenvalue weighted by molar-refractivity contribution is 0.101. The van der Waals surface area contributed by atoms with Crippen LogP contribution >= 0.6 is 11.6 Å². The van der Waals surface area contributed by atoms with Crippen LogP contribution < -0.4 is 11.1 Å². The number of hydrogen-bond acceptors (Lipinski definition) is 5. The van der Waals surface area contributed by atoms with Gasteiger partial charge in [0.25, 0.3) is 18.4 Å². The van der Waals surface area contributed by atoms with Gasteiger partial charge in [-0.05, 0) is 18.2 Å². The lowest BCUT2D eigenvalue weighted by Gasteiger charge is -2.26. The van der Waals surface area contributed by atoms with Crippen molar-refractivity contribution in [2.45, 2.75) is 25.9 Å². The van der Waals surface area contributed by atoms with Gasteiger partial charge in [0.15, 0.2) is 5.69 Å². The van der Waals surface area contributed by atoms with Crippen LogP contribution in [-0.4, -0.2) is 34.7 Å². The topological polar surface area (TPSA) is 94.5 Å². The number of benzene rings is 1. The number of amides is 1. The second kappa shape index (κ2) is 8.09. The number of hydrogen-bond donors (Lipinski definition) is 2. The summed E-state index contributed by atoms with van der Waals surface area (Å²) in [6.45, 7) is 1.43. The van der Waals surface area contributed by atoms with Crippen LogP contribution in [0.25, 0.3) is 0 Å². The Morgan fingerprint density at radius 1 is 1.50 bits per heavy atom. The first-order valence-corrected chi connectivity index (χ1v) is 8.70. The maximum absolute atomic E-state index is 14.3. The van der Waals surface area contributed by atoms with E-state index in [1.807, 2.05) is 6.92 Å². The minimum Gasteiger partial charge on any atom is -0.465 e. The van der Waals surface area contributed by atoms with Crippen molar-refractivity contribution in [3.8, 4) is 0 Å². The second-order valence-electron chi connectivity index (χ2n) is 6.33. The number of aliphatic imine (C=N–C) groups is 1. The molecule has 2 heterocycles. The summed E-state index contributed by atoms with van der Waals surface area (Å²) in [6, 6.07) is 3.38. The number of aromatic nitrogens is 2. The van der Waals surface area contributed by atoms with Gasteiger partial charge in [0.2, 0.25) is 0 Å². The number of amidine groups is 1. The Morgan fingerprint density at radius 2 is 2.25 bits per heavy atom. The van der Waals surface area contributed by atoms with Gasteiger partial charge in [-0.15, -0.1) is 0 Å². The van der Waals surface area contributed by atoms with Crippen molar-refractivity contribution in [3.63, 3.8) is 0 Å². The van der Waals surface area contributed by atoms with Gasteiger partial charge in [-0.2, -0.15) is 5.10 Å². The number of anilines is 1. The highest BCUT2D eigenvalue weighted by molar-refractivity contribution is 6.34. The Labute approximate surface area is 163 Å². The summed E-state index contributed by atoms with van der Waals surface area (Å²) in [4.78, 5) is 16.5. The Hall–Kier alpha value is -2.75. The van der Waals surface area contributed by atoms with Crippen LogP contribution in [0.3, 0.4) is 0 Å². The Balaban J connectivity index is 1.83. The van der Waals surface area contributed by atoms with Gasteiger partial charge in [-0.1, -0.05) is 18.5 Å². The van der Waals surface area contributed by atoms with Crippen molar-refractivity contribution in [3.05, 3.63) is 46.5 Å². The summed E-state index contributed by atoms with van der Waals surface area (Å²) in [7, 11) is 0. The van der Waals surface area contributed by atoms with Crippen LogP contribution in [0.1, 0.15) is 29.0 Å². The molecule has 28 heavy (non-hydrogen) atoms. The molecule has 2 aromatic rings. The van der Waals surface area contributed by atoms with Crippen molar-refractivity contribution in [1.82, 2.24) is 9.78 Å². The molecule has 1 amide bonds. The van der Waals surface area contributed by atoms with Gasteiger partial charge in [0.1, 0.15) is 12.4 Å². The molecule has 3 rings (SSSR count). The maximum atomic E-state index is 14.3. The first kappa shape index (κ1) is 20.0. The largest absolute Gasteiger partial charge is 0.465 e. The zero-order chi connectivity index (χ0) is 20.4. The summed E-state index contributed by atoms with van der Waals surface area (Å²) < 4.78 is 45.3. The number of nitrogens with zero attached hydrogens (tertiary/aromatic N) is 3. The zero-order valence-corrected chi connectivity index (χ0v) is 15.5. The Morgan fingerprint density at radius 3 is 2.96 bits per heavy atom. The highest BCUT2D eigenvalue weighted by atomic mass is 35.5. The molecule has 0 fully saturated rings. The number of carbonyl (C=O) groups is 1. The van der Waals surface area contributed by atoms with E-state index in [9.17, 15) is 18.0 Å². The van der Waals surface area contributed by atoms with E-state index in [0.29, 0.717) is 0 Å². The molecule has 1 aliphatic rings. The standard InChI is InChI=1S/C17H17ClF3N5O2/c1-8-7-28-17(22)24-14(8)10-4-9(2-3-12(10)19)23-16(27)15-11(18)5-26(25-15)6-13(20)21/h2-5,8,13-14H,6-7H2,1H3,(H2,22,24)(H,23,27). The van der Waals surface area contributed by atoms with Crippen LogP contribution in [0.2, 0.25) is 5.02 Å². The normalized spacial score (nSPS) is 19.3. The fourth-order valence-electron chi connectivity index (χ4n) is 2.81. The fraction of sp³-hybridized carbons (Fsp3) is 0.353. The molecule has 0 spiro atoms.